The third-order valence-corrected chi connectivity index (χ3v) is 4.83. The maximum Gasteiger partial charge on any atom is 0.224 e. The minimum atomic E-state index is -0.245. The summed E-state index contributed by atoms with van der Waals surface area (Å²) in [5, 5.41) is 3.42. The van der Waals surface area contributed by atoms with E-state index in [-0.39, 0.29) is 11.9 Å². The van der Waals surface area contributed by atoms with Gasteiger partial charge in [-0.1, -0.05) is 0 Å². The van der Waals surface area contributed by atoms with E-state index in [9.17, 15) is 4.39 Å². The molecular weight excluding hydrogens is 335 g/mol. The highest BCUT2D eigenvalue weighted by atomic mass is 19.1. The van der Waals surface area contributed by atoms with Crippen LogP contribution in [0.2, 0.25) is 0 Å². The second-order valence-electron chi connectivity index (χ2n) is 6.67. The van der Waals surface area contributed by atoms with Gasteiger partial charge in [0.1, 0.15) is 11.6 Å². The van der Waals surface area contributed by atoms with Crippen LogP contribution in [0.25, 0.3) is 0 Å². The van der Waals surface area contributed by atoms with E-state index in [4.69, 9.17) is 4.74 Å². The van der Waals surface area contributed by atoms with Gasteiger partial charge in [-0.15, -0.1) is 0 Å². The molecule has 7 nitrogen and oxygen atoms in total. The number of morpholine rings is 1. The van der Waals surface area contributed by atoms with E-state index in [1.807, 2.05) is 6.07 Å². The van der Waals surface area contributed by atoms with Crippen molar-refractivity contribution in [2.45, 2.75) is 19.0 Å². The number of likely N-dealkylation sites (tertiary alicyclic amines) is 1. The molecule has 4 rings (SSSR count). The van der Waals surface area contributed by atoms with Crippen molar-refractivity contribution in [3.63, 3.8) is 0 Å². The molecule has 1 N–H and O–H groups in total. The molecule has 138 valence electrons. The van der Waals surface area contributed by atoms with E-state index in [1.165, 1.54) is 6.20 Å². The number of hydrogen-bond acceptors (Lipinski definition) is 7. The van der Waals surface area contributed by atoms with Crippen molar-refractivity contribution in [3.05, 3.63) is 42.1 Å². The monoisotopic (exact) mass is 358 g/mol. The minimum absolute atomic E-state index is 0.245. The number of anilines is 2. The number of aromatic nitrogens is 3. The lowest BCUT2D eigenvalue weighted by molar-refractivity contribution is 0.122. The Morgan fingerprint density at radius 2 is 2.08 bits per heavy atom. The van der Waals surface area contributed by atoms with Crippen LogP contribution in [0.3, 0.4) is 0 Å². The predicted molar refractivity (Wildman–Crippen MR) is 96.6 cm³/mol. The van der Waals surface area contributed by atoms with Crippen molar-refractivity contribution >= 4 is 11.8 Å². The van der Waals surface area contributed by atoms with Crippen LogP contribution in [0.4, 0.5) is 16.2 Å². The summed E-state index contributed by atoms with van der Waals surface area (Å²) in [5.41, 5.74) is 0.686. The highest BCUT2D eigenvalue weighted by Crippen LogP contribution is 2.19. The molecule has 26 heavy (non-hydrogen) atoms. The molecule has 1 unspecified atom stereocenters. The molecule has 0 saturated carbocycles. The first-order chi connectivity index (χ1) is 12.8. The minimum Gasteiger partial charge on any atom is -0.378 e. The molecule has 2 aliphatic rings. The Morgan fingerprint density at radius 3 is 2.92 bits per heavy atom. The Morgan fingerprint density at radius 1 is 1.19 bits per heavy atom. The average Bonchev–Trinajstić information content (AvgIpc) is 3.11. The number of nitrogens with one attached hydrogen (secondary N) is 1. The Balaban J connectivity index is 1.34. The van der Waals surface area contributed by atoms with Crippen molar-refractivity contribution in [3.8, 4) is 0 Å². The van der Waals surface area contributed by atoms with Crippen LogP contribution >= 0.6 is 0 Å². The summed E-state index contributed by atoms with van der Waals surface area (Å²) in [6.45, 7) is 5.53. The highest BCUT2D eigenvalue weighted by Gasteiger charge is 2.24. The lowest BCUT2D eigenvalue weighted by atomic mass is 10.2. The van der Waals surface area contributed by atoms with Crippen LogP contribution in [-0.4, -0.2) is 65.3 Å². The molecule has 0 amide bonds. The predicted octanol–water partition coefficient (Wildman–Crippen LogP) is 1.53. The first-order valence-electron chi connectivity index (χ1n) is 9.01. The normalized spacial score (nSPS) is 21.1. The van der Waals surface area contributed by atoms with E-state index < -0.39 is 0 Å². The zero-order valence-electron chi connectivity index (χ0n) is 14.6. The van der Waals surface area contributed by atoms with E-state index in [0.29, 0.717) is 18.1 Å². The first kappa shape index (κ1) is 17.1. The van der Waals surface area contributed by atoms with Crippen LogP contribution in [0.5, 0.6) is 0 Å². The van der Waals surface area contributed by atoms with E-state index in [2.05, 4.69) is 30.1 Å². The lowest BCUT2D eigenvalue weighted by Gasteiger charge is -2.28. The summed E-state index contributed by atoms with van der Waals surface area (Å²) in [7, 11) is 0. The number of nitrogens with zero attached hydrogens (tertiary/aromatic N) is 5. The Bertz CT molecular complexity index is 739. The second kappa shape index (κ2) is 7.92. The van der Waals surface area contributed by atoms with Crippen LogP contribution in [0, 0.1) is 5.82 Å². The van der Waals surface area contributed by atoms with Gasteiger partial charge in [0.15, 0.2) is 0 Å². The molecule has 2 saturated heterocycles. The molecule has 0 aliphatic carbocycles. The molecule has 4 heterocycles. The Kier molecular flexibility index (Phi) is 5.21. The zero-order chi connectivity index (χ0) is 17.8. The number of halogens is 1. The van der Waals surface area contributed by atoms with Gasteiger partial charge in [-0.2, -0.15) is 4.98 Å². The summed E-state index contributed by atoms with van der Waals surface area (Å²) >= 11 is 0. The standard InChI is InChI=1S/C18H23FN6O/c19-16-11-20-4-1-14(16)12-24-6-3-15(13-24)22-18-21-5-2-17(23-18)25-7-9-26-10-8-25/h1-2,4-5,11,15H,3,6-10,12-13H2,(H,21,22,23). The van der Waals surface area contributed by atoms with E-state index in [0.717, 1.165) is 51.6 Å². The third kappa shape index (κ3) is 4.08. The number of ether oxygens (including phenoxy) is 1. The molecule has 0 aromatic carbocycles. The van der Waals surface area contributed by atoms with Crippen LogP contribution < -0.4 is 10.2 Å². The fraction of sp³-hybridized carbons (Fsp3) is 0.500. The van der Waals surface area contributed by atoms with Gasteiger partial charge in [0.05, 0.1) is 19.4 Å². The molecule has 0 bridgehead atoms. The van der Waals surface area contributed by atoms with Gasteiger partial charge in [-0.05, 0) is 18.6 Å². The van der Waals surface area contributed by atoms with Crippen molar-refractivity contribution in [2.75, 3.05) is 49.6 Å². The van der Waals surface area contributed by atoms with Crippen LogP contribution in [-0.2, 0) is 11.3 Å². The van der Waals surface area contributed by atoms with Gasteiger partial charge in [0.25, 0.3) is 0 Å². The number of hydrogen-bond donors (Lipinski definition) is 1. The maximum atomic E-state index is 13.8. The lowest BCUT2D eigenvalue weighted by Crippen LogP contribution is -2.37. The topological polar surface area (TPSA) is 66.4 Å². The molecule has 1 atom stereocenters. The molecule has 2 aromatic rings. The van der Waals surface area contributed by atoms with Gasteiger partial charge in [-0.25, -0.2) is 9.37 Å². The van der Waals surface area contributed by atoms with Gasteiger partial charge in [-0.3, -0.25) is 9.88 Å². The van der Waals surface area contributed by atoms with Gasteiger partial charge in [0, 0.05) is 56.7 Å². The Labute approximate surface area is 152 Å². The second-order valence-corrected chi connectivity index (χ2v) is 6.67. The molecular formula is C18H23FN6O. The smallest absolute Gasteiger partial charge is 0.224 e. The zero-order valence-corrected chi connectivity index (χ0v) is 14.6. The average molecular weight is 358 g/mol. The highest BCUT2D eigenvalue weighted by molar-refractivity contribution is 5.43. The van der Waals surface area contributed by atoms with Crippen molar-refractivity contribution in [1.82, 2.24) is 19.9 Å². The largest absolute Gasteiger partial charge is 0.378 e. The van der Waals surface area contributed by atoms with Crippen molar-refractivity contribution in [1.29, 1.82) is 0 Å². The SMILES string of the molecule is Fc1cnccc1CN1CCC(Nc2nccc(N3CCOCC3)n2)C1. The van der Waals surface area contributed by atoms with Gasteiger partial charge < -0.3 is 15.0 Å². The molecule has 8 heteroatoms. The molecule has 2 aromatic heterocycles. The van der Waals surface area contributed by atoms with Crippen LogP contribution in [0.1, 0.15) is 12.0 Å². The quantitative estimate of drug-likeness (QED) is 0.869. The molecule has 0 spiro atoms. The number of rotatable bonds is 5. The fourth-order valence-corrected chi connectivity index (χ4v) is 3.44. The Hall–Kier alpha value is -2.32. The van der Waals surface area contributed by atoms with E-state index >= 15 is 0 Å². The summed E-state index contributed by atoms with van der Waals surface area (Å²) in [6, 6.07) is 3.94. The fourth-order valence-electron chi connectivity index (χ4n) is 3.44. The van der Waals surface area contributed by atoms with Crippen molar-refractivity contribution in [2.24, 2.45) is 0 Å². The van der Waals surface area contributed by atoms with Crippen LogP contribution in [0.15, 0.2) is 30.7 Å². The van der Waals surface area contributed by atoms with E-state index in [1.54, 1.807) is 18.5 Å². The van der Waals surface area contributed by atoms with Crippen molar-refractivity contribution < 1.29 is 9.13 Å². The summed E-state index contributed by atoms with van der Waals surface area (Å²) in [6.07, 6.45) is 5.68. The first-order valence-corrected chi connectivity index (χ1v) is 9.01. The molecule has 2 aliphatic heterocycles. The summed E-state index contributed by atoms with van der Waals surface area (Å²) in [5.74, 6) is 1.33. The number of pyridine rings is 1. The van der Waals surface area contributed by atoms with Gasteiger partial charge in [0.2, 0.25) is 5.95 Å². The maximum absolute atomic E-state index is 13.8. The molecule has 2 fully saturated rings. The van der Waals surface area contributed by atoms with Gasteiger partial charge >= 0.3 is 0 Å². The summed E-state index contributed by atoms with van der Waals surface area (Å²) < 4.78 is 19.2. The molecule has 0 radical (unpaired) electrons. The summed E-state index contributed by atoms with van der Waals surface area (Å²) in [4.78, 5) is 17.3. The third-order valence-electron chi connectivity index (χ3n) is 4.83.